The summed E-state index contributed by atoms with van der Waals surface area (Å²) < 4.78 is 26.1. The minimum atomic E-state index is -3.69. The van der Waals surface area contributed by atoms with Crippen molar-refractivity contribution in [2.24, 2.45) is 0 Å². The average Bonchev–Trinajstić information content (AvgIpc) is 2.36. The molecule has 1 aromatic rings. The molecule has 0 heterocycles. The van der Waals surface area contributed by atoms with Crippen LogP contribution in [-0.2, 0) is 14.8 Å². The van der Waals surface area contributed by atoms with Gasteiger partial charge in [-0.05, 0) is 12.1 Å². The summed E-state index contributed by atoms with van der Waals surface area (Å²) in [5.41, 5.74) is 0. The van der Waals surface area contributed by atoms with Gasteiger partial charge in [-0.3, -0.25) is 4.79 Å². The van der Waals surface area contributed by atoms with Gasteiger partial charge in [0.05, 0.1) is 5.02 Å². The van der Waals surface area contributed by atoms with Crippen LogP contribution in [0.1, 0.15) is 6.42 Å². The standard InChI is InChI=1S/C12H15ClN2O3S/c1-2-8-14-12(16)7-9-15-19(17,18)11-6-4-3-5-10(11)13/h2-6,15H,1,7-9H2,(H,14,16). The lowest BCUT2D eigenvalue weighted by molar-refractivity contribution is -0.120. The Balaban J connectivity index is 2.55. The molecule has 0 atom stereocenters. The van der Waals surface area contributed by atoms with E-state index in [-0.39, 0.29) is 28.8 Å². The van der Waals surface area contributed by atoms with Crippen molar-refractivity contribution in [1.29, 1.82) is 0 Å². The van der Waals surface area contributed by atoms with Gasteiger partial charge < -0.3 is 5.32 Å². The zero-order valence-electron chi connectivity index (χ0n) is 10.2. The molecule has 0 bridgehead atoms. The Kier molecular flexibility index (Phi) is 6.01. The number of amides is 1. The molecule has 104 valence electrons. The van der Waals surface area contributed by atoms with Crippen LogP contribution in [0.3, 0.4) is 0 Å². The third kappa shape index (κ3) is 5.02. The zero-order chi connectivity index (χ0) is 14.3. The molecule has 1 aromatic carbocycles. The molecule has 0 fully saturated rings. The van der Waals surface area contributed by atoms with Gasteiger partial charge in [-0.15, -0.1) is 6.58 Å². The first kappa shape index (κ1) is 15.7. The van der Waals surface area contributed by atoms with Gasteiger partial charge in [0.2, 0.25) is 15.9 Å². The van der Waals surface area contributed by atoms with Gasteiger partial charge in [-0.2, -0.15) is 0 Å². The van der Waals surface area contributed by atoms with E-state index in [1.54, 1.807) is 18.2 Å². The van der Waals surface area contributed by atoms with Crippen molar-refractivity contribution in [3.63, 3.8) is 0 Å². The second-order valence-corrected chi connectivity index (χ2v) is 5.81. The maximum atomic E-state index is 11.9. The fraction of sp³-hybridized carbons (Fsp3) is 0.250. The van der Waals surface area contributed by atoms with Gasteiger partial charge in [0.1, 0.15) is 4.90 Å². The van der Waals surface area contributed by atoms with Crippen LogP contribution in [0.2, 0.25) is 5.02 Å². The predicted octanol–water partition coefficient (Wildman–Crippen LogP) is 1.31. The predicted molar refractivity (Wildman–Crippen MR) is 74.5 cm³/mol. The van der Waals surface area contributed by atoms with Gasteiger partial charge in [-0.1, -0.05) is 29.8 Å². The van der Waals surface area contributed by atoms with Gasteiger partial charge >= 0.3 is 0 Å². The molecule has 0 radical (unpaired) electrons. The molecule has 2 N–H and O–H groups in total. The Labute approximate surface area is 117 Å². The molecule has 1 rings (SSSR count). The van der Waals surface area contributed by atoms with Crippen molar-refractivity contribution < 1.29 is 13.2 Å². The normalized spacial score (nSPS) is 11.0. The van der Waals surface area contributed by atoms with E-state index in [0.717, 1.165) is 0 Å². The van der Waals surface area contributed by atoms with Crippen molar-refractivity contribution in [3.8, 4) is 0 Å². The number of halogens is 1. The Morgan fingerprint density at radius 1 is 1.37 bits per heavy atom. The number of sulfonamides is 1. The molecule has 7 heteroatoms. The van der Waals surface area contributed by atoms with Crippen molar-refractivity contribution >= 4 is 27.5 Å². The minimum absolute atomic E-state index is 0.00293. The molecule has 0 saturated heterocycles. The molecule has 0 aromatic heterocycles. The van der Waals surface area contributed by atoms with E-state index in [2.05, 4.69) is 16.6 Å². The van der Waals surface area contributed by atoms with Gasteiger partial charge in [0.15, 0.2) is 0 Å². The van der Waals surface area contributed by atoms with Gasteiger partial charge in [-0.25, -0.2) is 13.1 Å². The van der Waals surface area contributed by atoms with Crippen LogP contribution in [0.5, 0.6) is 0 Å². The molecule has 0 saturated carbocycles. The largest absolute Gasteiger partial charge is 0.353 e. The number of hydrogen-bond donors (Lipinski definition) is 2. The highest BCUT2D eigenvalue weighted by Crippen LogP contribution is 2.19. The van der Waals surface area contributed by atoms with E-state index in [4.69, 9.17) is 11.6 Å². The summed E-state index contributed by atoms with van der Waals surface area (Å²) in [5, 5.41) is 2.70. The third-order valence-electron chi connectivity index (χ3n) is 2.21. The molecule has 0 aliphatic carbocycles. The third-order valence-corrected chi connectivity index (χ3v) is 4.17. The number of carbonyl (C=O) groups excluding carboxylic acids is 1. The molecule has 0 aliphatic heterocycles. The number of hydrogen-bond acceptors (Lipinski definition) is 3. The summed E-state index contributed by atoms with van der Waals surface area (Å²) in [6, 6.07) is 6.12. The van der Waals surface area contributed by atoms with Crippen LogP contribution in [0, 0.1) is 0 Å². The van der Waals surface area contributed by atoms with Crippen LogP contribution < -0.4 is 10.0 Å². The Bertz CT molecular complexity index is 558. The van der Waals surface area contributed by atoms with Crippen LogP contribution in [0.4, 0.5) is 0 Å². The lowest BCUT2D eigenvalue weighted by atomic mass is 10.4. The summed E-state index contributed by atoms with van der Waals surface area (Å²) in [7, 11) is -3.69. The highest BCUT2D eigenvalue weighted by atomic mass is 35.5. The van der Waals surface area contributed by atoms with Crippen LogP contribution >= 0.6 is 11.6 Å². The molecule has 0 spiro atoms. The van der Waals surface area contributed by atoms with Crippen LogP contribution in [0.25, 0.3) is 0 Å². The topological polar surface area (TPSA) is 75.3 Å². The smallest absolute Gasteiger partial charge is 0.242 e. The fourth-order valence-electron chi connectivity index (χ4n) is 1.31. The van der Waals surface area contributed by atoms with Crippen molar-refractivity contribution in [2.75, 3.05) is 13.1 Å². The lowest BCUT2D eigenvalue weighted by Crippen LogP contribution is -2.30. The van der Waals surface area contributed by atoms with E-state index in [9.17, 15) is 13.2 Å². The maximum Gasteiger partial charge on any atom is 0.242 e. The molecule has 19 heavy (non-hydrogen) atoms. The summed E-state index contributed by atoms with van der Waals surface area (Å²) in [5.74, 6) is -0.248. The highest BCUT2D eigenvalue weighted by Gasteiger charge is 2.16. The van der Waals surface area contributed by atoms with E-state index in [0.29, 0.717) is 6.54 Å². The maximum absolute atomic E-state index is 11.9. The van der Waals surface area contributed by atoms with E-state index in [1.807, 2.05) is 0 Å². The molecule has 0 aliphatic rings. The Hall–Kier alpha value is -1.37. The summed E-state index contributed by atoms with van der Waals surface area (Å²) in [6.07, 6.45) is 1.60. The second-order valence-electron chi connectivity index (χ2n) is 3.67. The molecular formula is C12H15ClN2O3S. The zero-order valence-corrected chi connectivity index (χ0v) is 11.8. The first-order valence-corrected chi connectivity index (χ1v) is 7.45. The summed E-state index contributed by atoms with van der Waals surface area (Å²) in [6.45, 7) is 3.83. The lowest BCUT2D eigenvalue weighted by Gasteiger charge is -2.08. The molecule has 5 nitrogen and oxygen atoms in total. The number of rotatable bonds is 7. The minimum Gasteiger partial charge on any atom is -0.353 e. The first-order valence-electron chi connectivity index (χ1n) is 5.59. The summed E-state index contributed by atoms with van der Waals surface area (Å²) >= 11 is 5.81. The molecular weight excluding hydrogens is 288 g/mol. The van der Waals surface area contributed by atoms with Crippen molar-refractivity contribution in [2.45, 2.75) is 11.3 Å². The molecule has 0 unspecified atom stereocenters. The first-order chi connectivity index (χ1) is 8.97. The Morgan fingerprint density at radius 3 is 2.68 bits per heavy atom. The van der Waals surface area contributed by atoms with Crippen molar-refractivity contribution in [1.82, 2.24) is 10.0 Å². The van der Waals surface area contributed by atoms with Crippen LogP contribution in [-0.4, -0.2) is 27.4 Å². The second kappa shape index (κ2) is 7.28. The number of benzene rings is 1. The number of carbonyl (C=O) groups is 1. The SMILES string of the molecule is C=CCNC(=O)CCNS(=O)(=O)c1ccccc1Cl. The summed E-state index contributed by atoms with van der Waals surface area (Å²) in [4.78, 5) is 11.3. The van der Waals surface area contributed by atoms with Crippen LogP contribution in [0.15, 0.2) is 41.8 Å². The van der Waals surface area contributed by atoms with Gasteiger partial charge in [0.25, 0.3) is 0 Å². The van der Waals surface area contributed by atoms with E-state index >= 15 is 0 Å². The molecule has 1 amide bonds. The monoisotopic (exact) mass is 302 g/mol. The van der Waals surface area contributed by atoms with Crippen molar-refractivity contribution in [3.05, 3.63) is 41.9 Å². The average molecular weight is 303 g/mol. The van der Waals surface area contributed by atoms with Gasteiger partial charge in [0, 0.05) is 19.5 Å². The number of nitrogens with one attached hydrogen (secondary N) is 2. The van der Waals surface area contributed by atoms with E-state index < -0.39 is 10.0 Å². The fourth-order valence-corrected chi connectivity index (χ4v) is 2.86. The van der Waals surface area contributed by atoms with E-state index in [1.165, 1.54) is 12.1 Å². The quantitative estimate of drug-likeness (QED) is 0.746. The highest BCUT2D eigenvalue weighted by molar-refractivity contribution is 7.89. The Morgan fingerprint density at radius 2 is 2.05 bits per heavy atom.